The maximum Gasteiger partial charge on any atom is 0.315 e. The SMILES string of the molecule is CS(=O)(=O)NCCNC(=O)N[C@@H](c1ccc(F)cc1)C1CCC1. The minimum Gasteiger partial charge on any atom is -0.337 e. The number of benzene rings is 1. The summed E-state index contributed by atoms with van der Waals surface area (Å²) >= 11 is 0. The molecule has 2 amide bonds. The molecule has 0 aromatic heterocycles. The lowest BCUT2D eigenvalue weighted by Crippen LogP contribution is -2.44. The molecule has 6 nitrogen and oxygen atoms in total. The first-order chi connectivity index (χ1) is 10.8. The average Bonchev–Trinajstić information content (AvgIpc) is 2.41. The van der Waals surface area contributed by atoms with Gasteiger partial charge in [0.25, 0.3) is 0 Å². The van der Waals surface area contributed by atoms with Crippen molar-refractivity contribution in [2.75, 3.05) is 19.3 Å². The highest BCUT2D eigenvalue weighted by molar-refractivity contribution is 7.88. The summed E-state index contributed by atoms with van der Waals surface area (Å²) in [6.45, 7) is 0.330. The van der Waals surface area contributed by atoms with E-state index in [1.165, 1.54) is 12.1 Å². The number of halogens is 1. The molecule has 0 heterocycles. The molecule has 1 aromatic rings. The fraction of sp³-hybridized carbons (Fsp3) is 0.533. The Labute approximate surface area is 135 Å². The third-order valence-corrected chi connectivity index (χ3v) is 4.64. The first-order valence-corrected chi connectivity index (χ1v) is 9.49. The van der Waals surface area contributed by atoms with E-state index >= 15 is 0 Å². The van der Waals surface area contributed by atoms with Gasteiger partial charge >= 0.3 is 6.03 Å². The van der Waals surface area contributed by atoms with Crippen molar-refractivity contribution in [3.05, 3.63) is 35.6 Å². The molecule has 1 aliphatic rings. The summed E-state index contributed by atoms with van der Waals surface area (Å²) in [5.41, 5.74) is 0.875. The second-order valence-electron chi connectivity index (χ2n) is 5.79. The second-order valence-corrected chi connectivity index (χ2v) is 7.62. The highest BCUT2D eigenvalue weighted by Crippen LogP contribution is 2.37. The molecule has 1 fully saturated rings. The van der Waals surface area contributed by atoms with Gasteiger partial charge in [-0.25, -0.2) is 22.3 Å². The largest absolute Gasteiger partial charge is 0.337 e. The monoisotopic (exact) mass is 343 g/mol. The number of sulfonamides is 1. The second kappa shape index (κ2) is 7.74. The Morgan fingerprint density at radius 2 is 1.91 bits per heavy atom. The number of hydrogen-bond acceptors (Lipinski definition) is 3. The van der Waals surface area contributed by atoms with Crippen LogP contribution in [0.3, 0.4) is 0 Å². The molecule has 0 spiro atoms. The first kappa shape index (κ1) is 17.7. The minimum atomic E-state index is -3.26. The summed E-state index contributed by atoms with van der Waals surface area (Å²) in [6.07, 6.45) is 4.24. The van der Waals surface area contributed by atoms with Crippen LogP contribution in [0.1, 0.15) is 30.9 Å². The van der Waals surface area contributed by atoms with Crippen LogP contribution in [0.2, 0.25) is 0 Å². The van der Waals surface area contributed by atoms with Crippen molar-refractivity contribution in [2.24, 2.45) is 5.92 Å². The number of hydrogen-bond donors (Lipinski definition) is 3. The Kier molecular flexibility index (Phi) is 5.95. The fourth-order valence-corrected chi connectivity index (χ4v) is 2.99. The Bertz CT molecular complexity index is 630. The van der Waals surface area contributed by atoms with Crippen LogP contribution in [-0.4, -0.2) is 33.8 Å². The van der Waals surface area contributed by atoms with Crippen molar-refractivity contribution < 1.29 is 17.6 Å². The summed E-state index contributed by atoms with van der Waals surface area (Å²) in [7, 11) is -3.26. The van der Waals surface area contributed by atoms with Crippen LogP contribution in [0, 0.1) is 11.7 Å². The lowest BCUT2D eigenvalue weighted by Gasteiger charge is -2.34. The van der Waals surface area contributed by atoms with Gasteiger partial charge in [0.05, 0.1) is 12.3 Å². The number of amides is 2. The lowest BCUT2D eigenvalue weighted by molar-refractivity contribution is 0.208. The highest BCUT2D eigenvalue weighted by atomic mass is 32.2. The molecule has 0 aliphatic heterocycles. The maximum absolute atomic E-state index is 13.1. The number of urea groups is 1. The van der Waals surface area contributed by atoms with Crippen LogP contribution in [0.25, 0.3) is 0 Å². The molecule has 2 rings (SSSR count). The van der Waals surface area contributed by atoms with Gasteiger partial charge in [-0.2, -0.15) is 0 Å². The van der Waals surface area contributed by atoms with Crippen molar-refractivity contribution in [2.45, 2.75) is 25.3 Å². The number of carbonyl (C=O) groups excluding carboxylic acids is 1. The van der Waals surface area contributed by atoms with E-state index < -0.39 is 10.0 Å². The summed E-state index contributed by atoms with van der Waals surface area (Å²) in [5, 5.41) is 5.52. The van der Waals surface area contributed by atoms with Gasteiger partial charge in [0.2, 0.25) is 10.0 Å². The Balaban J connectivity index is 1.87. The molecule has 1 aromatic carbocycles. The van der Waals surface area contributed by atoms with Crippen molar-refractivity contribution in [3.63, 3.8) is 0 Å². The minimum absolute atomic E-state index is 0.136. The molecular formula is C15H22FN3O3S. The van der Waals surface area contributed by atoms with Gasteiger partial charge in [-0.15, -0.1) is 0 Å². The molecule has 1 aliphatic carbocycles. The van der Waals surface area contributed by atoms with Crippen molar-refractivity contribution >= 4 is 16.1 Å². The zero-order chi connectivity index (χ0) is 16.9. The number of rotatable bonds is 7. The first-order valence-electron chi connectivity index (χ1n) is 7.59. The van der Waals surface area contributed by atoms with Crippen molar-refractivity contribution in [1.29, 1.82) is 0 Å². The predicted octanol–water partition coefficient (Wildman–Crippen LogP) is 1.52. The van der Waals surface area contributed by atoms with Crippen LogP contribution >= 0.6 is 0 Å². The molecule has 1 atom stereocenters. The standard InChI is InChI=1S/C15H22FN3O3S/c1-23(21,22)18-10-9-17-15(20)19-14(11-3-2-4-11)12-5-7-13(16)8-6-12/h5-8,11,14,18H,2-4,9-10H2,1H3,(H2,17,19,20)/t14-/m1/s1. The molecular weight excluding hydrogens is 321 g/mol. The van der Waals surface area contributed by atoms with Crippen LogP contribution < -0.4 is 15.4 Å². The molecule has 0 unspecified atom stereocenters. The third-order valence-electron chi connectivity index (χ3n) is 3.91. The van der Waals surface area contributed by atoms with E-state index in [-0.39, 0.29) is 31.0 Å². The predicted molar refractivity (Wildman–Crippen MR) is 85.9 cm³/mol. The fourth-order valence-electron chi connectivity index (χ4n) is 2.52. The van der Waals surface area contributed by atoms with Gasteiger partial charge in [0.1, 0.15) is 5.82 Å². The van der Waals surface area contributed by atoms with Crippen LogP contribution in [-0.2, 0) is 10.0 Å². The van der Waals surface area contributed by atoms with E-state index in [0.717, 1.165) is 31.1 Å². The molecule has 0 saturated heterocycles. The van der Waals surface area contributed by atoms with Gasteiger partial charge in [-0.05, 0) is 36.5 Å². The number of carbonyl (C=O) groups is 1. The molecule has 0 radical (unpaired) electrons. The molecule has 8 heteroatoms. The van der Waals surface area contributed by atoms with Gasteiger partial charge in [-0.3, -0.25) is 0 Å². The van der Waals surface area contributed by atoms with Crippen LogP contribution in [0.15, 0.2) is 24.3 Å². The van der Waals surface area contributed by atoms with Gasteiger partial charge < -0.3 is 10.6 Å². The molecule has 3 N–H and O–H groups in total. The Morgan fingerprint density at radius 1 is 1.26 bits per heavy atom. The van der Waals surface area contributed by atoms with Gasteiger partial charge in [-0.1, -0.05) is 18.6 Å². The van der Waals surface area contributed by atoms with Crippen LogP contribution in [0.5, 0.6) is 0 Å². The van der Waals surface area contributed by atoms with Gasteiger partial charge in [0.15, 0.2) is 0 Å². The maximum atomic E-state index is 13.1. The Hall–Kier alpha value is -1.67. The topological polar surface area (TPSA) is 87.3 Å². The molecule has 128 valence electrons. The summed E-state index contributed by atoms with van der Waals surface area (Å²) in [6, 6.07) is 5.62. The zero-order valence-electron chi connectivity index (χ0n) is 13.0. The summed E-state index contributed by atoms with van der Waals surface area (Å²) in [4.78, 5) is 12.0. The van der Waals surface area contributed by atoms with Crippen molar-refractivity contribution in [1.82, 2.24) is 15.4 Å². The average molecular weight is 343 g/mol. The van der Waals surface area contributed by atoms with Crippen LogP contribution in [0.4, 0.5) is 9.18 Å². The van der Waals surface area contributed by atoms with E-state index in [1.54, 1.807) is 12.1 Å². The van der Waals surface area contributed by atoms with E-state index in [9.17, 15) is 17.6 Å². The third kappa shape index (κ3) is 5.80. The summed E-state index contributed by atoms with van der Waals surface area (Å²) < 4.78 is 37.2. The van der Waals surface area contributed by atoms with E-state index in [2.05, 4.69) is 15.4 Å². The highest BCUT2D eigenvalue weighted by Gasteiger charge is 2.29. The molecule has 0 bridgehead atoms. The zero-order valence-corrected chi connectivity index (χ0v) is 13.8. The number of nitrogens with one attached hydrogen (secondary N) is 3. The van der Waals surface area contributed by atoms with Crippen molar-refractivity contribution in [3.8, 4) is 0 Å². The summed E-state index contributed by atoms with van der Waals surface area (Å²) in [5.74, 6) is 0.0396. The van der Waals surface area contributed by atoms with E-state index in [1.807, 2.05) is 0 Å². The normalized spacial score (nSPS) is 16.4. The molecule has 1 saturated carbocycles. The smallest absolute Gasteiger partial charge is 0.315 e. The Morgan fingerprint density at radius 3 is 2.43 bits per heavy atom. The van der Waals surface area contributed by atoms with Gasteiger partial charge in [0, 0.05) is 13.1 Å². The van der Waals surface area contributed by atoms with E-state index in [4.69, 9.17) is 0 Å². The lowest BCUT2D eigenvalue weighted by atomic mass is 9.77. The molecule has 23 heavy (non-hydrogen) atoms. The quantitative estimate of drug-likeness (QED) is 0.656. The van der Waals surface area contributed by atoms with E-state index in [0.29, 0.717) is 5.92 Å².